The van der Waals surface area contributed by atoms with E-state index in [0.29, 0.717) is 34.4 Å². The Morgan fingerprint density at radius 3 is 2.54 bits per heavy atom. The Hall–Kier alpha value is -3.57. The molecule has 10 heteroatoms. The summed E-state index contributed by atoms with van der Waals surface area (Å²) in [6.07, 6.45) is 1.44. The molecule has 2 aliphatic rings. The Morgan fingerprint density at radius 2 is 1.77 bits per heavy atom. The summed E-state index contributed by atoms with van der Waals surface area (Å²) in [6.45, 7) is 0.418. The van der Waals surface area contributed by atoms with Gasteiger partial charge in [-0.1, -0.05) is 29.8 Å². The molecule has 2 aliphatic heterocycles. The molecule has 4 amide bonds. The van der Waals surface area contributed by atoms with Gasteiger partial charge in [0.2, 0.25) is 6.79 Å². The van der Waals surface area contributed by atoms with Gasteiger partial charge in [0, 0.05) is 11.1 Å². The lowest BCUT2D eigenvalue weighted by Gasteiger charge is -2.26. The second kappa shape index (κ2) is 9.59. The van der Waals surface area contributed by atoms with Crippen LogP contribution in [0.4, 0.5) is 10.5 Å². The van der Waals surface area contributed by atoms with Gasteiger partial charge in [0.15, 0.2) is 11.5 Å². The third kappa shape index (κ3) is 4.82. The molecule has 0 spiro atoms. The molecule has 5 rings (SSSR count). The molecule has 0 saturated carbocycles. The van der Waals surface area contributed by atoms with Crippen molar-refractivity contribution < 1.29 is 28.6 Å². The molecule has 0 aliphatic carbocycles. The van der Waals surface area contributed by atoms with Crippen LogP contribution in [0.25, 0.3) is 6.08 Å². The van der Waals surface area contributed by atoms with E-state index in [1.807, 2.05) is 12.1 Å². The normalized spacial score (nSPS) is 16.0. The number of nitrogens with zero attached hydrogens (tertiary/aromatic N) is 1. The number of carbonyl (C=O) groups is 3. The molecule has 3 aromatic carbocycles. The highest BCUT2D eigenvalue weighted by atomic mass is 127. The van der Waals surface area contributed by atoms with Crippen molar-refractivity contribution in [3.05, 3.63) is 86.0 Å². The molecule has 0 aromatic heterocycles. The van der Waals surface area contributed by atoms with Crippen LogP contribution in [0, 0.1) is 3.57 Å². The SMILES string of the molecule is O=C1NC(=O)N(c2ccc3c(c2)OCO3)C(=O)/C1=C/c1ccc(OCc2ccc(Cl)cc2)c(I)c1. The van der Waals surface area contributed by atoms with Gasteiger partial charge in [0.25, 0.3) is 11.8 Å². The second-order valence-corrected chi connectivity index (χ2v) is 9.20. The van der Waals surface area contributed by atoms with Gasteiger partial charge in [0.1, 0.15) is 17.9 Å². The third-order valence-electron chi connectivity index (χ3n) is 5.29. The zero-order valence-electron chi connectivity index (χ0n) is 17.9. The largest absolute Gasteiger partial charge is 0.488 e. The minimum atomic E-state index is -0.837. The number of hydrogen-bond acceptors (Lipinski definition) is 6. The van der Waals surface area contributed by atoms with Crippen LogP contribution in [0.1, 0.15) is 11.1 Å². The van der Waals surface area contributed by atoms with Gasteiger partial charge < -0.3 is 14.2 Å². The molecule has 0 bridgehead atoms. The lowest BCUT2D eigenvalue weighted by Crippen LogP contribution is -2.54. The van der Waals surface area contributed by atoms with Crippen molar-refractivity contribution in [1.82, 2.24) is 5.32 Å². The molecule has 0 atom stereocenters. The Bertz CT molecular complexity index is 1390. The van der Waals surface area contributed by atoms with E-state index >= 15 is 0 Å². The van der Waals surface area contributed by atoms with E-state index in [4.69, 9.17) is 25.8 Å². The summed E-state index contributed by atoms with van der Waals surface area (Å²) < 4.78 is 17.3. The fourth-order valence-electron chi connectivity index (χ4n) is 3.55. The summed E-state index contributed by atoms with van der Waals surface area (Å²) in [4.78, 5) is 39.0. The maximum Gasteiger partial charge on any atom is 0.335 e. The van der Waals surface area contributed by atoms with E-state index < -0.39 is 17.8 Å². The molecule has 0 unspecified atom stereocenters. The lowest BCUT2D eigenvalue weighted by molar-refractivity contribution is -0.122. The maximum absolute atomic E-state index is 13.2. The zero-order valence-corrected chi connectivity index (χ0v) is 20.8. The third-order valence-corrected chi connectivity index (χ3v) is 6.39. The first-order chi connectivity index (χ1) is 16.9. The van der Waals surface area contributed by atoms with Crippen molar-refractivity contribution in [2.45, 2.75) is 6.61 Å². The number of ether oxygens (including phenoxy) is 3. The maximum atomic E-state index is 13.2. The van der Waals surface area contributed by atoms with Crippen LogP contribution in [-0.2, 0) is 16.2 Å². The molecule has 176 valence electrons. The zero-order chi connectivity index (χ0) is 24.5. The predicted octanol–water partition coefficient (Wildman–Crippen LogP) is 4.92. The number of rotatable bonds is 5. The lowest BCUT2D eigenvalue weighted by atomic mass is 10.1. The first kappa shape index (κ1) is 23.2. The Kier molecular flexibility index (Phi) is 6.35. The van der Waals surface area contributed by atoms with Crippen LogP contribution < -0.4 is 24.4 Å². The molecule has 35 heavy (non-hydrogen) atoms. The number of carbonyl (C=O) groups excluding carboxylic acids is 3. The van der Waals surface area contributed by atoms with Gasteiger partial charge in [-0.05, 0) is 76.2 Å². The van der Waals surface area contributed by atoms with Crippen LogP contribution in [-0.4, -0.2) is 24.6 Å². The standard InChI is InChI=1S/C25H16ClIN2O6/c26-16-4-1-14(2-5-16)12-33-20-7-3-15(10-19(20)27)9-18-23(30)28-25(32)29(24(18)31)17-6-8-21-22(11-17)35-13-34-21/h1-11H,12-13H2,(H,28,30,32)/b18-9+. The van der Waals surface area contributed by atoms with Crippen molar-refractivity contribution in [3.63, 3.8) is 0 Å². The van der Waals surface area contributed by atoms with E-state index in [1.165, 1.54) is 12.1 Å². The molecule has 1 saturated heterocycles. The highest BCUT2D eigenvalue weighted by Gasteiger charge is 2.37. The first-order valence-electron chi connectivity index (χ1n) is 10.4. The van der Waals surface area contributed by atoms with E-state index in [2.05, 4.69) is 27.9 Å². The number of amides is 4. The number of fused-ring (bicyclic) bond motifs is 1. The molecule has 1 N–H and O–H groups in total. The number of imide groups is 2. The fraction of sp³-hybridized carbons (Fsp3) is 0.0800. The Balaban J connectivity index is 1.37. The van der Waals surface area contributed by atoms with Gasteiger partial charge in [-0.25, -0.2) is 9.69 Å². The fourth-order valence-corrected chi connectivity index (χ4v) is 4.37. The van der Waals surface area contributed by atoms with Gasteiger partial charge in [0.05, 0.1) is 9.26 Å². The van der Waals surface area contributed by atoms with Crippen molar-refractivity contribution in [1.29, 1.82) is 0 Å². The quantitative estimate of drug-likeness (QED) is 0.253. The van der Waals surface area contributed by atoms with E-state index in [9.17, 15) is 14.4 Å². The van der Waals surface area contributed by atoms with Crippen LogP contribution in [0.3, 0.4) is 0 Å². The molecule has 0 radical (unpaired) electrons. The van der Waals surface area contributed by atoms with Gasteiger partial charge in [-0.15, -0.1) is 0 Å². The Morgan fingerprint density at radius 1 is 1.00 bits per heavy atom. The molecular formula is C25H16ClIN2O6. The van der Waals surface area contributed by atoms with Crippen LogP contribution >= 0.6 is 34.2 Å². The number of barbiturate groups is 1. The monoisotopic (exact) mass is 602 g/mol. The summed E-state index contributed by atoms with van der Waals surface area (Å²) in [7, 11) is 0. The van der Waals surface area contributed by atoms with Crippen molar-refractivity contribution in [2.24, 2.45) is 0 Å². The minimum Gasteiger partial charge on any atom is -0.488 e. The van der Waals surface area contributed by atoms with Crippen LogP contribution in [0.2, 0.25) is 5.02 Å². The summed E-state index contributed by atoms with van der Waals surface area (Å²) in [5.41, 5.74) is 1.66. The van der Waals surface area contributed by atoms with Gasteiger partial charge >= 0.3 is 6.03 Å². The summed E-state index contributed by atoms with van der Waals surface area (Å²) in [5, 5.41) is 2.87. The summed E-state index contributed by atoms with van der Waals surface area (Å²) in [5.74, 6) is 0.0673. The van der Waals surface area contributed by atoms with Crippen LogP contribution in [0.5, 0.6) is 17.2 Å². The second-order valence-electron chi connectivity index (χ2n) is 7.60. The summed E-state index contributed by atoms with van der Waals surface area (Å²) >= 11 is 8.04. The Labute approximate surface area is 218 Å². The number of anilines is 1. The van der Waals surface area contributed by atoms with E-state index in [-0.39, 0.29) is 18.1 Å². The highest BCUT2D eigenvalue weighted by molar-refractivity contribution is 14.1. The van der Waals surface area contributed by atoms with Crippen molar-refractivity contribution >= 4 is 63.8 Å². The number of urea groups is 1. The summed E-state index contributed by atoms with van der Waals surface area (Å²) in [6, 6.07) is 16.5. The van der Waals surface area contributed by atoms with Crippen molar-refractivity contribution in [2.75, 3.05) is 11.7 Å². The highest BCUT2D eigenvalue weighted by Crippen LogP contribution is 2.36. The first-order valence-corrected chi connectivity index (χ1v) is 11.8. The van der Waals surface area contributed by atoms with Gasteiger partial charge in [-0.2, -0.15) is 0 Å². The molecule has 8 nitrogen and oxygen atoms in total. The number of halogens is 2. The van der Waals surface area contributed by atoms with E-state index in [0.717, 1.165) is 14.0 Å². The molecule has 2 heterocycles. The molecule has 3 aromatic rings. The van der Waals surface area contributed by atoms with E-state index in [1.54, 1.807) is 42.5 Å². The van der Waals surface area contributed by atoms with Crippen molar-refractivity contribution in [3.8, 4) is 17.2 Å². The minimum absolute atomic E-state index is 0.0562. The van der Waals surface area contributed by atoms with Gasteiger partial charge in [-0.3, -0.25) is 14.9 Å². The average Bonchev–Trinajstić information content (AvgIpc) is 3.30. The number of benzene rings is 3. The average molecular weight is 603 g/mol. The topological polar surface area (TPSA) is 94.2 Å². The molecular weight excluding hydrogens is 587 g/mol. The molecule has 1 fully saturated rings. The number of hydrogen-bond donors (Lipinski definition) is 1. The smallest absolute Gasteiger partial charge is 0.335 e. The number of nitrogens with one attached hydrogen (secondary N) is 1. The van der Waals surface area contributed by atoms with Crippen LogP contribution in [0.15, 0.2) is 66.2 Å². The predicted molar refractivity (Wildman–Crippen MR) is 137 cm³/mol.